The van der Waals surface area contributed by atoms with Gasteiger partial charge in [-0.2, -0.15) is 0 Å². The fourth-order valence-corrected chi connectivity index (χ4v) is 4.45. The first kappa shape index (κ1) is 14.9. The highest BCUT2D eigenvalue weighted by Gasteiger charge is 2.31. The molecule has 0 saturated carbocycles. The summed E-state index contributed by atoms with van der Waals surface area (Å²) in [5.41, 5.74) is 6.49. The number of carbonyl (C=O) groups is 1. The molecule has 1 aromatic rings. The van der Waals surface area contributed by atoms with Crippen LogP contribution in [0.15, 0.2) is 11.4 Å². The van der Waals surface area contributed by atoms with Gasteiger partial charge in [0.05, 0.1) is 5.69 Å². The maximum atomic E-state index is 12.5. The lowest BCUT2D eigenvalue weighted by molar-refractivity contribution is 0.0629. The molecule has 2 aliphatic rings. The van der Waals surface area contributed by atoms with Crippen LogP contribution in [0.4, 0.5) is 5.69 Å². The summed E-state index contributed by atoms with van der Waals surface area (Å²) in [6.07, 6.45) is 4.93. The van der Waals surface area contributed by atoms with Crippen molar-refractivity contribution < 1.29 is 4.79 Å². The molecule has 2 saturated heterocycles. The topological polar surface area (TPSA) is 49.6 Å². The second kappa shape index (κ2) is 6.36. The van der Waals surface area contributed by atoms with Gasteiger partial charge in [-0.05, 0) is 63.1 Å². The van der Waals surface area contributed by atoms with E-state index in [1.807, 2.05) is 16.3 Å². The van der Waals surface area contributed by atoms with Gasteiger partial charge >= 0.3 is 0 Å². The Morgan fingerprint density at radius 3 is 2.52 bits per heavy atom. The van der Waals surface area contributed by atoms with E-state index in [0.29, 0.717) is 16.6 Å². The fraction of sp³-hybridized carbons (Fsp3) is 0.688. The first-order chi connectivity index (χ1) is 10.2. The normalized spacial score (nSPS) is 22.6. The van der Waals surface area contributed by atoms with Gasteiger partial charge in [-0.3, -0.25) is 4.79 Å². The highest BCUT2D eigenvalue weighted by molar-refractivity contribution is 7.12. The number of hydrogen-bond donors (Lipinski definition) is 1. The average molecular weight is 307 g/mol. The van der Waals surface area contributed by atoms with Crippen molar-refractivity contribution in [3.8, 4) is 0 Å². The number of nitrogens with zero attached hydrogens (tertiary/aromatic N) is 2. The van der Waals surface area contributed by atoms with Crippen LogP contribution in [0.25, 0.3) is 0 Å². The van der Waals surface area contributed by atoms with Crippen molar-refractivity contribution in [3.63, 3.8) is 0 Å². The van der Waals surface area contributed by atoms with Crippen LogP contribution >= 0.6 is 11.3 Å². The van der Waals surface area contributed by atoms with Crippen molar-refractivity contribution in [2.24, 2.45) is 5.92 Å². The van der Waals surface area contributed by atoms with Gasteiger partial charge in [-0.15, -0.1) is 11.3 Å². The molecule has 116 valence electrons. The van der Waals surface area contributed by atoms with Crippen LogP contribution in [0, 0.1) is 5.92 Å². The van der Waals surface area contributed by atoms with Gasteiger partial charge < -0.3 is 15.5 Å². The Bertz CT molecular complexity index is 487. The Balaban J connectivity index is 1.55. The summed E-state index contributed by atoms with van der Waals surface area (Å²) < 4.78 is 0. The minimum absolute atomic E-state index is 0.120. The van der Waals surface area contributed by atoms with E-state index >= 15 is 0 Å². The third kappa shape index (κ3) is 3.09. The van der Waals surface area contributed by atoms with E-state index in [-0.39, 0.29) is 5.91 Å². The lowest BCUT2D eigenvalue weighted by Crippen LogP contribution is -2.44. The number of hydrogen-bond acceptors (Lipinski definition) is 4. The number of anilines is 1. The predicted molar refractivity (Wildman–Crippen MR) is 87.6 cm³/mol. The standard InChI is InChI=1S/C16H25N3OS/c1-12(18-7-2-3-8-18)13-4-9-19(10-5-13)16(20)15-14(17)6-11-21-15/h6,11-13H,2-5,7-10,17H2,1H3/t12-/m0/s1. The highest BCUT2D eigenvalue weighted by atomic mass is 32.1. The summed E-state index contributed by atoms with van der Waals surface area (Å²) in [6.45, 7) is 6.63. The van der Waals surface area contributed by atoms with Crippen molar-refractivity contribution in [2.45, 2.75) is 38.6 Å². The number of nitrogen functional groups attached to an aromatic ring is 1. The molecule has 1 atom stereocenters. The minimum Gasteiger partial charge on any atom is -0.397 e. The summed E-state index contributed by atoms with van der Waals surface area (Å²) >= 11 is 1.45. The van der Waals surface area contributed by atoms with Gasteiger partial charge in [0.25, 0.3) is 5.91 Å². The Labute approximate surface area is 130 Å². The molecule has 1 amide bonds. The first-order valence-electron chi connectivity index (χ1n) is 8.03. The van der Waals surface area contributed by atoms with Crippen LogP contribution in [0.2, 0.25) is 0 Å². The molecule has 0 bridgehead atoms. The summed E-state index contributed by atoms with van der Waals surface area (Å²) in [7, 11) is 0. The Morgan fingerprint density at radius 1 is 1.29 bits per heavy atom. The maximum Gasteiger partial charge on any atom is 0.266 e. The number of rotatable bonds is 3. The van der Waals surface area contributed by atoms with Crippen LogP contribution in [0.5, 0.6) is 0 Å². The second-order valence-corrected chi connectivity index (χ2v) is 7.23. The van der Waals surface area contributed by atoms with Crippen LogP contribution in [-0.2, 0) is 0 Å². The monoisotopic (exact) mass is 307 g/mol. The highest BCUT2D eigenvalue weighted by Crippen LogP contribution is 2.28. The number of thiophene rings is 1. The number of amides is 1. The van der Waals surface area contributed by atoms with Crippen molar-refractivity contribution in [1.29, 1.82) is 0 Å². The van der Waals surface area contributed by atoms with E-state index in [4.69, 9.17) is 5.73 Å². The van der Waals surface area contributed by atoms with Crippen molar-refractivity contribution in [3.05, 3.63) is 16.3 Å². The van der Waals surface area contributed by atoms with Gasteiger partial charge in [-0.25, -0.2) is 0 Å². The molecular weight excluding hydrogens is 282 g/mol. The second-order valence-electron chi connectivity index (χ2n) is 6.32. The van der Waals surface area contributed by atoms with Gasteiger partial charge in [0.15, 0.2) is 0 Å². The maximum absolute atomic E-state index is 12.5. The molecule has 2 N–H and O–H groups in total. The van der Waals surface area contributed by atoms with Gasteiger partial charge in [0.2, 0.25) is 0 Å². The van der Waals surface area contributed by atoms with Gasteiger partial charge in [0.1, 0.15) is 4.88 Å². The lowest BCUT2D eigenvalue weighted by Gasteiger charge is -2.38. The molecular formula is C16H25N3OS. The Hall–Kier alpha value is -1.07. The van der Waals surface area contributed by atoms with Crippen molar-refractivity contribution >= 4 is 22.9 Å². The SMILES string of the molecule is C[C@@H](C1CCN(C(=O)c2sccc2N)CC1)N1CCCC1. The lowest BCUT2D eigenvalue weighted by atomic mass is 9.89. The molecule has 1 aromatic heterocycles. The van der Waals surface area contributed by atoms with E-state index < -0.39 is 0 Å². The molecule has 0 unspecified atom stereocenters. The van der Waals surface area contributed by atoms with E-state index in [9.17, 15) is 4.79 Å². The quantitative estimate of drug-likeness (QED) is 0.934. The van der Waals surface area contributed by atoms with Gasteiger partial charge in [0, 0.05) is 19.1 Å². The number of nitrogens with two attached hydrogens (primary N) is 1. The van der Waals surface area contributed by atoms with Gasteiger partial charge in [-0.1, -0.05) is 0 Å². The fourth-order valence-electron chi connectivity index (χ4n) is 3.67. The molecule has 3 heterocycles. The molecule has 0 radical (unpaired) electrons. The third-order valence-corrected chi connectivity index (χ3v) is 6.03. The summed E-state index contributed by atoms with van der Waals surface area (Å²) in [4.78, 5) is 17.8. The molecule has 2 aliphatic heterocycles. The molecule has 0 aliphatic carbocycles. The molecule has 2 fully saturated rings. The van der Waals surface area contributed by atoms with E-state index in [0.717, 1.165) is 31.8 Å². The zero-order valence-electron chi connectivity index (χ0n) is 12.8. The predicted octanol–water partition coefficient (Wildman–Crippen LogP) is 2.67. The van der Waals surface area contributed by atoms with Crippen LogP contribution in [0.1, 0.15) is 42.3 Å². The third-order valence-electron chi connectivity index (χ3n) is 5.12. The zero-order valence-corrected chi connectivity index (χ0v) is 13.6. The average Bonchev–Trinajstić information content (AvgIpc) is 3.17. The summed E-state index contributed by atoms with van der Waals surface area (Å²) in [6, 6.07) is 2.48. The smallest absolute Gasteiger partial charge is 0.266 e. The first-order valence-corrected chi connectivity index (χ1v) is 8.91. The molecule has 21 heavy (non-hydrogen) atoms. The number of carbonyl (C=O) groups excluding carboxylic acids is 1. The minimum atomic E-state index is 0.120. The van der Waals surface area contributed by atoms with E-state index in [2.05, 4.69) is 11.8 Å². The van der Waals surface area contributed by atoms with Crippen LogP contribution < -0.4 is 5.73 Å². The summed E-state index contributed by atoms with van der Waals surface area (Å²) in [5, 5.41) is 1.89. The van der Waals surface area contributed by atoms with Crippen molar-refractivity contribution in [2.75, 3.05) is 31.9 Å². The number of likely N-dealkylation sites (tertiary alicyclic amines) is 2. The van der Waals surface area contributed by atoms with Crippen LogP contribution in [-0.4, -0.2) is 47.9 Å². The van der Waals surface area contributed by atoms with Crippen molar-refractivity contribution in [1.82, 2.24) is 9.80 Å². The molecule has 4 nitrogen and oxygen atoms in total. The molecule has 3 rings (SSSR count). The summed E-state index contributed by atoms with van der Waals surface area (Å²) in [5.74, 6) is 0.850. The molecule has 5 heteroatoms. The molecule has 0 aromatic carbocycles. The van der Waals surface area contributed by atoms with E-state index in [1.54, 1.807) is 0 Å². The zero-order chi connectivity index (χ0) is 14.8. The molecule has 0 spiro atoms. The Morgan fingerprint density at radius 2 is 1.95 bits per heavy atom. The Kier molecular flexibility index (Phi) is 4.50. The largest absolute Gasteiger partial charge is 0.397 e. The number of piperidine rings is 1. The van der Waals surface area contributed by atoms with E-state index in [1.165, 1.54) is 37.3 Å². The van der Waals surface area contributed by atoms with Crippen LogP contribution in [0.3, 0.4) is 0 Å².